The fraction of sp³-hybridized carbons (Fsp3) is 0.481. The molecule has 0 aliphatic rings. The minimum absolute atomic E-state index is 0.0299. The van der Waals surface area contributed by atoms with Crippen molar-refractivity contribution in [2.45, 2.75) is 64.1 Å². The largest absolute Gasteiger partial charge is 0.444 e. The van der Waals surface area contributed by atoms with Crippen molar-refractivity contribution in [3.05, 3.63) is 70.5 Å². The molecule has 0 heterocycles. The van der Waals surface area contributed by atoms with Crippen LogP contribution in [0.4, 0.5) is 35.5 Å². The fourth-order valence-electron chi connectivity index (χ4n) is 3.57. The molecule has 2 N–H and O–H groups in total. The monoisotopic (exact) mass is 580 g/mol. The SMILES string of the molecule is CC(C)(C)OC(=O)NCCC(=O)NCCC(COCc1cc(C(F)(F)F)cc(C(F)(F)F)c1)c1ccc(F)cc1. The predicted molar refractivity (Wildman–Crippen MR) is 132 cm³/mol. The van der Waals surface area contributed by atoms with Crippen LogP contribution in [0.15, 0.2) is 42.5 Å². The molecule has 13 heteroatoms. The second-order valence-electron chi connectivity index (χ2n) is 10.00. The number of halogens is 7. The summed E-state index contributed by atoms with van der Waals surface area (Å²) in [6.45, 7) is 4.59. The van der Waals surface area contributed by atoms with Gasteiger partial charge in [0.05, 0.1) is 24.3 Å². The van der Waals surface area contributed by atoms with Gasteiger partial charge in [-0.2, -0.15) is 26.3 Å². The lowest BCUT2D eigenvalue weighted by molar-refractivity contribution is -0.143. The van der Waals surface area contributed by atoms with Crippen LogP contribution >= 0.6 is 0 Å². The predicted octanol–water partition coefficient (Wildman–Crippen LogP) is 6.58. The van der Waals surface area contributed by atoms with Gasteiger partial charge in [-0.15, -0.1) is 0 Å². The van der Waals surface area contributed by atoms with E-state index in [1.165, 1.54) is 24.3 Å². The van der Waals surface area contributed by atoms with Gasteiger partial charge in [-0.3, -0.25) is 4.79 Å². The van der Waals surface area contributed by atoms with E-state index in [4.69, 9.17) is 9.47 Å². The van der Waals surface area contributed by atoms with E-state index in [2.05, 4.69) is 10.6 Å². The lowest BCUT2D eigenvalue weighted by atomic mass is 9.96. The van der Waals surface area contributed by atoms with Crippen molar-refractivity contribution in [2.24, 2.45) is 0 Å². The Morgan fingerprint density at radius 3 is 1.95 bits per heavy atom. The zero-order valence-corrected chi connectivity index (χ0v) is 22.1. The van der Waals surface area contributed by atoms with Gasteiger partial charge in [0.1, 0.15) is 11.4 Å². The van der Waals surface area contributed by atoms with E-state index < -0.39 is 53.5 Å². The fourth-order valence-corrected chi connectivity index (χ4v) is 3.57. The number of alkyl carbamates (subject to hydrolysis) is 1. The normalized spacial score (nSPS) is 13.1. The number of nitrogens with one attached hydrogen (secondary N) is 2. The van der Waals surface area contributed by atoms with E-state index >= 15 is 0 Å². The third kappa shape index (κ3) is 11.8. The maximum Gasteiger partial charge on any atom is 0.416 e. The lowest BCUT2D eigenvalue weighted by Crippen LogP contribution is -2.35. The van der Waals surface area contributed by atoms with E-state index in [0.717, 1.165) is 0 Å². The van der Waals surface area contributed by atoms with Crippen molar-refractivity contribution in [3.63, 3.8) is 0 Å². The highest BCUT2D eigenvalue weighted by Crippen LogP contribution is 2.36. The second kappa shape index (κ2) is 13.8. The number of carbonyl (C=O) groups excluding carboxylic acids is 2. The Morgan fingerprint density at radius 2 is 1.43 bits per heavy atom. The summed E-state index contributed by atoms with van der Waals surface area (Å²) in [5.74, 6) is -1.34. The third-order valence-electron chi connectivity index (χ3n) is 5.41. The first-order chi connectivity index (χ1) is 18.4. The van der Waals surface area contributed by atoms with Crippen LogP contribution in [0.3, 0.4) is 0 Å². The highest BCUT2D eigenvalue weighted by molar-refractivity contribution is 5.77. The van der Waals surface area contributed by atoms with E-state index in [1.807, 2.05) is 0 Å². The number of ether oxygens (including phenoxy) is 2. The van der Waals surface area contributed by atoms with Crippen LogP contribution in [0.25, 0.3) is 0 Å². The molecule has 0 bridgehead atoms. The molecule has 6 nitrogen and oxygen atoms in total. The molecule has 1 unspecified atom stereocenters. The van der Waals surface area contributed by atoms with Crippen LogP contribution in [0, 0.1) is 5.82 Å². The maximum absolute atomic E-state index is 13.4. The molecule has 0 aliphatic heterocycles. The standard InChI is InChI=1S/C27H31F7N2O4/c1-25(2,3)40-24(38)36-11-9-23(37)35-10-8-19(18-4-6-22(28)7-5-18)16-39-15-17-12-20(26(29,30)31)14-21(13-17)27(32,33)34/h4-7,12-14,19H,8-11,15-16H2,1-3H3,(H,35,37)(H,36,38). The van der Waals surface area contributed by atoms with Crippen LogP contribution in [0.5, 0.6) is 0 Å². The van der Waals surface area contributed by atoms with Crippen LogP contribution in [0.2, 0.25) is 0 Å². The number of carbonyl (C=O) groups is 2. The molecule has 0 radical (unpaired) electrons. The minimum Gasteiger partial charge on any atom is -0.444 e. The first kappa shape index (κ1) is 32.9. The average Bonchev–Trinajstić information content (AvgIpc) is 2.81. The minimum atomic E-state index is -4.98. The smallest absolute Gasteiger partial charge is 0.416 e. The molecule has 2 aromatic carbocycles. The van der Waals surface area contributed by atoms with Gasteiger partial charge in [0, 0.05) is 25.4 Å². The molecule has 0 spiro atoms. The summed E-state index contributed by atoms with van der Waals surface area (Å²) < 4.78 is 103. The highest BCUT2D eigenvalue weighted by atomic mass is 19.4. The van der Waals surface area contributed by atoms with Gasteiger partial charge in [0.15, 0.2) is 0 Å². The van der Waals surface area contributed by atoms with Gasteiger partial charge < -0.3 is 20.1 Å². The van der Waals surface area contributed by atoms with Crippen LogP contribution in [-0.4, -0.2) is 37.3 Å². The molecule has 0 fully saturated rings. The van der Waals surface area contributed by atoms with Crippen molar-refractivity contribution in [3.8, 4) is 0 Å². The zero-order chi connectivity index (χ0) is 30.1. The maximum atomic E-state index is 13.4. The molecule has 0 aromatic heterocycles. The van der Waals surface area contributed by atoms with Gasteiger partial charge in [0.25, 0.3) is 0 Å². The van der Waals surface area contributed by atoms with Crippen LogP contribution < -0.4 is 10.6 Å². The number of rotatable bonds is 11. The Kier molecular flexibility index (Phi) is 11.4. The molecule has 40 heavy (non-hydrogen) atoms. The summed E-state index contributed by atoms with van der Waals surface area (Å²) in [5.41, 5.74) is -3.29. The lowest BCUT2D eigenvalue weighted by Gasteiger charge is -2.20. The summed E-state index contributed by atoms with van der Waals surface area (Å²) >= 11 is 0. The number of hydrogen-bond acceptors (Lipinski definition) is 4. The second-order valence-corrected chi connectivity index (χ2v) is 10.00. The number of alkyl halides is 6. The molecule has 2 aromatic rings. The van der Waals surface area contributed by atoms with E-state index in [1.54, 1.807) is 20.8 Å². The van der Waals surface area contributed by atoms with Gasteiger partial charge in [-0.25, -0.2) is 9.18 Å². The van der Waals surface area contributed by atoms with Crippen molar-refractivity contribution >= 4 is 12.0 Å². The molecule has 0 saturated heterocycles. The summed E-state index contributed by atoms with van der Waals surface area (Å²) in [6.07, 6.45) is -10.4. The van der Waals surface area contributed by atoms with Crippen LogP contribution in [-0.2, 0) is 33.2 Å². The molecular weight excluding hydrogens is 549 g/mol. The first-order valence-corrected chi connectivity index (χ1v) is 12.3. The number of benzene rings is 2. The Labute approximate surface area is 227 Å². The van der Waals surface area contributed by atoms with Crippen molar-refractivity contribution in [1.82, 2.24) is 10.6 Å². The van der Waals surface area contributed by atoms with E-state index in [-0.39, 0.29) is 50.1 Å². The molecular formula is C27H31F7N2O4. The zero-order valence-electron chi connectivity index (χ0n) is 22.1. The van der Waals surface area contributed by atoms with E-state index in [9.17, 15) is 40.3 Å². The van der Waals surface area contributed by atoms with Crippen molar-refractivity contribution in [2.75, 3.05) is 19.7 Å². The molecule has 222 valence electrons. The molecule has 2 rings (SSSR count). The van der Waals surface area contributed by atoms with Gasteiger partial charge in [-0.05, 0) is 68.7 Å². The summed E-state index contributed by atoms with van der Waals surface area (Å²) in [7, 11) is 0. The topological polar surface area (TPSA) is 76.7 Å². The Morgan fingerprint density at radius 1 is 0.850 bits per heavy atom. The molecule has 2 amide bonds. The third-order valence-corrected chi connectivity index (χ3v) is 5.41. The van der Waals surface area contributed by atoms with Gasteiger partial charge in [-0.1, -0.05) is 12.1 Å². The Balaban J connectivity index is 1.98. The molecule has 0 saturated carbocycles. The summed E-state index contributed by atoms with van der Waals surface area (Å²) in [4.78, 5) is 23.8. The highest BCUT2D eigenvalue weighted by Gasteiger charge is 2.36. The molecule has 0 aliphatic carbocycles. The first-order valence-electron chi connectivity index (χ1n) is 12.3. The number of amides is 2. The van der Waals surface area contributed by atoms with Crippen LogP contribution in [0.1, 0.15) is 61.8 Å². The van der Waals surface area contributed by atoms with Gasteiger partial charge in [0.2, 0.25) is 5.91 Å². The van der Waals surface area contributed by atoms with E-state index in [0.29, 0.717) is 17.7 Å². The quantitative estimate of drug-likeness (QED) is 0.294. The van der Waals surface area contributed by atoms with Crippen molar-refractivity contribution in [1.29, 1.82) is 0 Å². The molecule has 1 atom stereocenters. The average molecular weight is 581 g/mol. The summed E-state index contributed by atoms with van der Waals surface area (Å²) in [6, 6.07) is 6.57. The van der Waals surface area contributed by atoms with Crippen molar-refractivity contribution < 1.29 is 49.8 Å². The summed E-state index contributed by atoms with van der Waals surface area (Å²) in [5, 5.41) is 5.11. The number of hydrogen-bond donors (Lipinski definition) is 2. The van der Waals surface area contributed by atoms with Gasteiger partial charge >= 0.3 is 18.4 Å². The Bertz CT molecular complexity index is 1100. The Hall–Kier alpha value is -3.35.